The Balaban J connectivity index is 1.59. The van der Waals surface area contributed by atoms with E-state index in [0.717, 1.165) is 10.9 Å². The molecule has 9 heteroatoms. The normalized spacial score (nSPS) is 22.8. The van der Waals surface area contributed by atoms with Crippen LogP contribution in [0, 0.1) is 0 Å². The lowest BCUT2D eigenvalue weighted by Crippen LogP contribution is -2.45. The minimum atomic E-state index is -1.70. The summed E-state index contributed by atoms with van der Waals surface area (Å²) in [6, 6.07) is 7.43. The monoisotopic (exact) mass is 436 g/mol. The number of carbonyl (C=O) groups is 1. The van der Waals surface area contributed by atoms with Crippen LogP contribution in [0.4, 0.5) is 0 Å². The van der Waals surface area contributed by atoms with Crippen LogP contribution < -0.4 is 15.0 Å². The number of aromatic nitrogens is 2. The second kappa shape index (κ2) is 6.54. The van der Waals surface area contributed by atoms with Gasteiger partial charge in [0.2, 0.25) is 6.79 Å². The molecule has 2 aromatic heterocycles. The summed E-state index contributed by atoms with van der Waals surface area (Å²) >= 11 is 0. The molecule has 1 aromatic carbocycles. The first-order valence-corrected chi connectivity index (χ1v) is 10.4. The zero-order valence-corrected chi connectivity index (χ0v) is 17.5. The van der Waals surface area contributed by atoms with Gasteiger partial charge in [-0.25, -0.2) is 9.78 Å². The highest BCUT2D eigenvalue weighted by Crippen LogP contribution is 2.41. The van der Waals surface area contributed by atoms with Gasteiger partial charge < -0.3 is 28.6 Å². The maximum absolute atomic E-state index is 13.4. The summed E-state index contributed by atoms with van der Waals surface area (Å²) in [6.45, 7) is 2.03. The molecular formula is C23H20N2O7. The molecule has 0 amide bonds. The maximum Gasteiger partial charge on any atom is 0.338 e. The lowest BCUT2D eigenvalue weighted by molar-refractivity contribution is -0.174. The van der Waals surface area contributed by atoms with Gasteiger partial charge in [-0.2, -0.15) is 0 Å². The van der Waals surface area contributed by atoms with E-state index < -0.39 is 17.7 Å². The molecule has 0 unspecified atom stereocenters. The van der Waals surface area contributed by atoms with E-state index in [0.29, 0.717) is 40.5 Å². The third-order valence-electron chi connectivity index (χ3n) is 6.61. The molecule has 1 N–H and O–H groups in total. The predicted octanol–water partition coefficient (Wildman–Crippen LogP) is 1.82. The summed E-state index contributed by atoms with van der Waals surface area (Å²) in [5, 5.41) is 12.4. The number of esters is 1. The standard InChI is InChI=1S/C23H20N2O7/c1-3-23(28)14-6-16-19-12(4-11-5-17-18(32-10-31-17)7-15(11)24-19)8-25(16)21(26)13(14)9-30-22(27)20(23)29-2/h4-7,20,28H,3,8-10H2,1-2H3/t20-,23+/m1/s1. The van der Waals surface area contributed by atoms with Crippen LogP contribution in [0.1, 0.15) is 30.0 Å². The molecule has 0 fully saturated rings. The van der Waals surface area contributed by atoms with Crippen molar-refractivity contribution in [2.45, 2.75) is 38.2 Å². The fraction of sp³-hybridized carbons (Fsp3) is 0.348. The highest BCUT2D eigenvalue weighted by atomic mass is 16.7. The first-order valence-electron chi connectivity index (χ1n) is 10.4. The van der Waals surface area contributed by atoms with Crippen LogP contribution in [0.5, 0.6) is 11.5 Å². The van der Waals surface area contributed by atoms with E-state index in [9.17, 15) is 14.7 Å². The van der Waals surface area contributed by atoms with Crippen LogP contribution >= 0.6 is 0 Å². The van der Waals surface area contributed by atoms with Crippen LogP contribution in [0.15, 0.2) is 29.1 Å². The van der Waals surface area contributed by atoms with Crippen molar-refractivity contribution in [3.8, 4) is 22.9 Å². The van der Waals surface area contributed by atoms with Crippen LogP contribution in [0.25, 0.3) is 22.3 Å². The number of aliphatic hydroxyl groups is 1. The number of cyclic esters (lactones) is 1. The highest BCUT2D eigenvalue weighted by molar-refractivity contribution is 5.87. The number of nitrogens with zero attached hydrogens (tertiary/aromatic N) is 2. The first kappa shape index (κ1) is 19.3. The number of hydrogen-bond acceptors (Lipinski definition) is 8. The zero-order chi connectivity index (χ0) is 22.2. The minimum absolute atomic E-state index is 0.165. The second-order valence-electron chi connectivity index (χ2n) is 8.21. The molecule has 0 spiro atoms. The Hall–Kier alpha value is -3.43. The molecule has 3 aromatic rings. The number of pyridine rings is 2. The molecule has 0 radical (unpaired) electrons. The van der Waals surface area contributed by atoms with Gasteiger partial charge in [0.25, 0.3) is 5.56 Å². The minimum Gasteiger partial charge on any atom is -0.459 e. The van der Waals surface area contributed by atoms with E-state index in [-0.39, 0.29) is 30.9 Å². The Morgan fingerprint density at radius 1 is 1.19 bits per heavy atom. The van der Waals surface area contributed by atoms with Gasteiger partial charge in [-0.15, -0.1) is 0 Å². The smallest absolute Gasteiger partial charge is 0.338 e. The summed E-state index contributed by atoms with van der Waals surface area (Å²) in [7, 11) is 1.34. The Bertz CT molecular complexity index is 1380. The molecular weight excluding hydrogens is 416 g/mol. The fourth-order valence-electron chi connectivity index (χ4n) is 4.91. The second-order valence-corrected chi connectivity index (χ2v) is 8.21. The third kappa shape index (κ3) is 2.43. The van der Waals surface area contributed by atoms with Crippen LogP contribution in [0.3, 0.4) is 0 Å². The molecule has 0 aliphatic carbocycles. The topological polar surface area (TPSA) is 109 Å². The van der Waals surface area contributed by atoms with Gasteiger partial charge in [-0.3, -0.25) is 4.79 Å². The molecule has 2 atom stereocenters. The first-order chi connectivity index (χ1) is 15.4. The van der Waals surface area contributed by atoms with Crippen molar-refractivity contribution in [2.75, 3.05) is 13.9 Å². The number of benzene rings is 1. The Morgan fingerprint density at radius 2 is 1.97 bits per heavy atom. The zero-order valence-electron chi connectivity index (χ0n) is 17.5. The van der Waals surface area contributed by atoms with Gasteiger partial charge in [0, 0.05) is 29.7 Å². The van der Waals surface area contributed by atoms with Crippen molar-refractivity contribution in [3.63, 3.8) is 0 Å². The number of fused-ring (bicyclic) bond motifs is 6. The summed E-state index contributed by atoms with van der Waals surface area (Å²) < 4.78 is 23.1. The molecule has 0 saturated carbocycles. The van der Waals surface area contributed by atoms with Crippen molar-refractivity contribution in [2.24, 2.45) is 0 Å². The van der Waals surface area contributed by atoms with Gasteiger partial charge in [0.1, 0.15) is 12.2 Å². The summed E-state index contributed by atoms with van der Waals surface area (Å²) in [6.07, 6.45) is -1.07. The molecule has 32 heavy (non-hydrogen) atoms. The van der Waals surface area contributed by atoms with Crippen LogP contribution in [0.2, 0.25) is 0 Å². The molecule has 164 valence electrons. The van der Waals surface area contributed by atoms with Crippen molar-refractivity contribution in [3.05, 3.63) is 51.3 Å². The van der Waals surface area contributed by atoms with Crippen molar-refractivity contribution in [1.82, 2.24) is 9.55 Å². The average Bonchev–Trinajstić information content (AvgIpc) is 3.36. The van der Waals surface area contributed by atoms with E-state index >= 15 is 0 Å². The number of rotatable bonds is 2. The van der Waals surface area contributed by atoms with Crippen molar-refractivity contribution < 1.29 is 28.8 Å². The van der Waals surface area contributed by atoms with E-state index in [1.54, 1.807) is 17.6 Å². The lowest BCUT2D eigenvalue weighted by atomic mass is 9.83. The maximum atomic E-state index is 13.4. The van der Waals surface area contributed by atoms with Gasteiger partial charge in [-0.1, -0.05) is 6.92 Å². The fourth-order valence-corrected chi connectivity index (χ4v) is 4.91. The van der Waals surface area contributed by atoms with Gasteiger partial charge in [-0.05, 0) is 24.6 Å². The third-order valence-corrected chi connectivity index (χ3v) is 6.61. The highest BCUT2D eigenvalue weighted by Gasteiger charge is 2.48. The predicted molar refractivity (Wildman–Crippen MR) is 111 cm³/mol. The van der Waals surface area contributed by atoms with Crippen molar-refractivity contribution in [1.29, 1.82) is 0 Å². The number of hydrogen-bond donors (Lipinski definition) is 1. The van der Waals surface area contributed by atoms with Gasteiger partial charge in [0.15, 0.2) is 17.6 Å². The van der Waals surface area contributed by atoms with Gasteiger partial charge >= 0.3 is 5.97 Å². The quantitative estimate of drug-likeness (QED) is 0.474. The SMILES string of the molecule is CC[C@]1(O)c2cc3n(c(=O)c2COC(=O)[C@H]1OC)Cc1cc2cc4c(cc2nc1-3)OCO4. The lowest BCUT2D eigenvalue weighted by Gasteiger charge is -2.32. The summed E-state index contributed by atoms with van der Waals surface area (Å²) in [4.78, 5) is 30.7. The number of carbonyl (C=O) groups excluding carboxylic acids is 1. The molecule has 3 aliphatic rings. The molecule has 0 saturated heterocycles. The van der Waals surface area contributed by atoms with E-state index in [4.69, 9.17) is 23.9 Å². The average molecular weight is 436 g/mol. The number of methoxy groups -OCH3 is 1. The van der Waals surface area contributed by atoms with Crippen LogP contribution in [-0.2, 0) is 33.0 Å². The van der Waals surface area contributed by atoms with E-state index in [1.165, 1.54) is 7.11 Å². The molecule has 9 nitrogen and oxygen atoms in total. The van der Waals surface area contributed by atoms with Gasteiger partial charge in [0.05, 0.1) is 29.0 Å². The Morgan fingerprint density at radius 3 is 2.72 bits per heavy atom. The molecule has 3 aliphatic heterocycles. The van der Waals surface area contributed by atoms with E-state index in [1.807, 2.05) is 18.2 Å². The Kier molecular flexibility index (Phi) is 3.94. The Labute approximate surface area is 182 Å². The molecule has 5 heterocycles. The number of ether oxygens (including phenoxy) is 4. The van der Waals surface area contributed by atoms with Crippen molar-refractivity contribution >= 4 is 16.9 Å². The molecule has 0 bridgehead atoms. The largest absolute Gasteiger partial charge is 0.459 e. The summed E-state index contributed by atoms with van der Waals surface area (Å²) in [5.74, 6) is 0.596. The molecule has 6 rings (SSSR count). The van der Waals surface area contributed by atoms with E-state index in [2.05, 4.69) is 0 Å². The van der Waals surface area contributed by atoms with Crippen LogP contribution in [-0.4, -0.2) is 40.6 Å². The summed E-state index contributed by atoms with van der Waals surface area (Å²) in [5.41, 5.74) is 1.41.